The fourth-order valence-electron chi connectivity index (χ4n) is 1.86. The summed E-state index contributed by atoms with van der Waals surface area (Å²) in [6.45, 7) is 6.56. The van der Waals surface area contributed by atoms with Gasteiger partial charge in [-0.05, 0) is 26.2 Å². The largest absolute Gasteiger partial charge is 0.326 e. The Morgan fingerprint density at radius 3 is 2.36 bits per heavy atom. The van der Waals surface area contributed by atoms with Crippen LogP contribution in [0, 0.1) is 5.92 Å². The highest BCUT2D eigenvalue weighted by atomic mass is 32.2. The van der Waals surface area contributed by atoms with Crippen LogP contribution in [0.4, 0.5) is 0 Å². The Balaban J connectivity index is 2.78. The molecule has 2 atom stereocenters. The van der Waals surface area contributed by atoms with E-state index in [9.17, 15) is 8.42 Å². The molecule has 0 bridgehead atoms. The number of piperidine rings is 1. The molecule has 0 saturated carbocycles. The Morgan fingerprint density at radius 2 is 1.93 bits per heavy atom. The predicted octanol–water partition coefficient (Wildman–Crippen LogP) is 0.394. The highest BCUT2D eigenvalue weighted by Crippen LogP contribution is 2.20. The molecule has 0 aliphatic carbocycles. The first-order chi connectivity index (χ1) is 6.34. The standard InChI is InChI=1S/C9H20N2O2S/c1-7(2)14(12,13)11-5-8(3)4-9(10)6-11/h7-9H,4-6,10H2,1-3H3. The zero-order chi connectivity index (χ0) is 10.9. The maximum Gasteiger partial charge on any atom is 0.216 e. The normalized spacial score (nSPS) is 30.9. The molecule has 14 heavy (non-hydrogen) atoms. The molecule has 1 fully saturated rings. The molecular formula is C9H20N2O2S. The van der Waals surface area contributed by atoms with Crippen LogP contribution in [0.5, 0.6) is 0 Å². The van der Waals surface area contributed by atoms with Crippen molar-refractivity contribution in [1.82, 2.24) is 4.31 Å². The lowest BCUT2D eigenvalue weighted by Crippen LogP contribution is -2.50. The molecule has 0 aromatic carbocycles. The van der Waals surface area contributed by atoms with Gasteiger partial charge in [0.2, 0.25) is 10.0 Å². The van der Waals surface area contributed by atoms with E-state index >= 15 is 0 Å². The van der Waals surface area contributed by atoms with Crippen molar-refractivity contribution in [3.05, 3.63) is 0 Å². The van der Waals surface area contributed by atoms with E-state index in [-0.39, 0.29) is 11.3 Å². The van der Waals surface area contributed by atoms with Crippen LogP contribution in [-0.2, 0) is 10.0 Å². The average molecular weight is 220 g/mol. The fourth-order valence-corrected chi connectivity index (χ4v) is 3.31. The summed E-state index contributed by atoms with van der Waals surface area (Å²) in [7, 11) is -3.11. The van der Waals surface area contributed by atoms with Gasteiger partial charge in [0.05, 0.1) is 5.25 Å². The van der Waals surface area contributed by atoms with Gasteiger partial charge in [-0.25, -0.2) is 8.42 Å². The zero-order valence-electron chi connectivity index (χ0n) is 9.10. The Morgan fingerprint density at radius 1 is 1.36 bits per heavy atom. The van der Waals surface area contributed by atoms with E-state index < -0.39 is 10.0 Å². The topological polar surface area (TPSA) is 63.4 Å². The van der Waals surface area contributed by atoms with E-state index in [0.29, 0.717) is 19.0 Å². The lowest BCUT2D eigenvalue weighted by atomic mass is 9.99. The molecule has 0 radical (unpaired) electrons. The number of sulfonamides is 1. The molecule has 0 amide bonds. The minimum absolute atomic E-state index is 0.00715. The van der Waals surface area contributed by atoms with Crippen molar-refractivity contribution in [1.29, 1.82) is 0 Å². The molecule has 0 spiro atoms. The van der Waals surface area contributed by atoms with Crippen LogP contribution in [-0.4, -0.2) is 37.1 Å². The summed E-state index contributed by atoms with van der Waals surface area (Å²) in [6.07, 6.45) is 0.921. The van der Waals surface area contributed by atoms with E-state index in [0.717, 1.165) is 6.42 Å². The predicted molar refractivity (Wildman–Crippen MR) is 57.4 cm³/mol. The molecule has 2 N–H and O–H groups in total. The Labute approximate surface area is 86.5 Å². The maximum absolute atomic E-state index is 11.8. The van der Waals surface area contributed by atoms with Crippen molar-refractivity contribution in [2.45, 2.75) is 38.5 Å². The van der Waals surface area contributed by atoms with Gasteiger partial charge in [-0.3, -0.25) is 0 Å². The second-order valence-electron chi connectivity index (χ2n) is 4.51. The molecule has 84 valence electrons. The van der Waals surface area contributed by atoms with Gasteiger partial charge in [0.1, 0.15) is 0 Å². The minimum atomic E-state index is -3.11. The third-order valence-corrected chi connectivity index (χ3v) is 4.82. The second kappa shape index (κ2) is 4.16. The molecule has 1 aliphatic rings. The quantitative estimate of drug-likeness (QED) is 0.732. The molecule has 1 aliphatic heterocycles. The van der Waals surface area contributed by atoms with Gasteiger partial charge in [-0.1, -0.05) is 6.92 Å². The number of nitrogens with zero attached hydrogens (tertiary/aromatic N) is 1. The van der Waals surface area contributed by atoms with Crippen molar-refractivity contribution in [3.63, 3.8) is 0 Å². The summed E-state index contributed by atoms with van der Waals surface area (Å²) >= 11 is 0. The van der Waals surface area contributed by atoms with Crippen LogP contribution in [0.25, 0.3) is 0 Å². The molecule has 1 heterocycles. The summed E-state index contributed by atoms with van der Waals surface area (Å²) in [5.74, 6) is 0.368. The summed E-state index contributed by atoms with van der Waals surface area (Å²) in [5, 5.41) is -0.347. The van der Waals surface area contributed by atoms with Crippen LogP contribution >= 0.6 is 0 Å². The maximum atomic E-state index is 11.8. The van der Waals surface area contributed by atoms with Crippen LogP contribution in [0.15, 0.2) is 0 Å². The van der Waals surface area contributed by atoms with E-state index in [1.807, 2.05) is 6.92 Å². The van der Waals surface area contributed by atoms with Gasteiger partial charge in [0.25, 0.3) is 0 Å². The Hall–Kier alpha value is -0.130. The first-order valence-corrected chi connectivity index (χ1v) is 6.59. The monoisotopic (exact) mass is 220 g/mol. The van der Waals surface area contributed by atoms with Crippen LogP contribution < -0.4 is 5.73 Å². The molecule has 5 heteroatoms. The number of hydrogen-bond donors (Lipinski definition) is 1. The summed E-state index contributed by atoms with van der Waals surface area (Å²) < 4.78 is 25.2. The SMILES string of the molecule is CC1CC(N)CN(S(=O)(=O)C(C)C)C1. The van der Waals surface area contributed by atoms with Gasteiger partial charge < -0.3 is 5.73 Å². The molecule has 0 aromatic heterocycles. The van der Waals surface area contributed by atoms with E-state index in [2.05, 4.69) is 0 Å². The van der Waals surface area contributed by atoms with Gasteiger partial charge in [0.15, 0.2) is 0 Å². The molecule has 2 unspecified atom stereocenters. The second-order valence-corrected chi connectivity index (χ2v) is 7.00. The minimum Gasteiger partial charge on any atom is -0.326 e. The van der Waals surface area contributed by atoms with Crippen molar-refractivity contribution in [3.8, 4) is 0 Å². The third-order valence-electron chi connectivity index (χ3n) is 2.61. The molecular weight excluding hydrogens is 200 g/mol. The van der Waals surface area contributed by atoms with Crippen LogP contribution in [0.2, 0.25) is 0 Å². The highest BCUT2D eigenvalue weighted by Gasteiger charge is 2.32. The van der Waals surface area contributed by atoms with Crippen molar-refractivity contribution in [2.75, 3.05) is 13.1 Å². The van der Waals surface area contributed by atoms with Gasteiger partial charge in [-0.2, -0.15) is 4.31 Å². The van der Waals surface area contributed by atoms with Gasteiger partial charge in [-0.15, -0.1) is 0 Å². The van der Waals surface area contributed by atoms with E-state index in [4.69, 9.17) is 5.73 Å². The van der Waals surface area contributed by atoms with Crippen molar-refractivity contribution >= 4 is 10.0 Å². The van der Waals surface area contributed by atoms with Crippen molar-refractivity contribution in [2.24, 2.45) is 11.7 Å². The molecule has 0 aromatic rings. The molecule has 4 nitrogen and oxygen atoms in total. The smallest absolute Gasteiger partial charge is 0.216 e. The van der Waals surface area contributed by atoms with Crippen LogP contribution in [0.3, 0.4) is 0 Å². The van der Waals surface area contributed by atoms with Gasteiger partial charge in [0, 0.05) is 19.1 Å². The highest BCUT2D eigenvalue weighted by molar-refractivity contribution is 7.89. The Kier molecular flexibility index (Phi) is 3.55. The summed E-state index contributed by atoms with van der Waals surface area (Å²) in [5.41, 5.74) is 5.81. The summed E-state index contributed by atoms with van der Waals surface area (Å²) in [6, 6.07) is -0.00715. The molecule has 1 rings (SSSR count). The fraction of sp³-hybridized carbons (Fsp3) is 1.00. The van der Waals surface area contributed by atoms with Gasteiger partial charge >= 0.3 is 0 Å². The zero-order valence-corrected chi connectivity index (χ0v) is 9.92. The lowest BCUT2D eigenvalue weighted by molar-refractivity contribution is 0.253. The third kappa shape index (κ3) is 2.46. The number of rotatable bonds is 2. The van der Waals surface area contributed by atoms with Crippen LogP contribution in [0.1, 0.15) is 27.2 Å². The lowest BCUT2D eigenvalue weighted by Gasteiger charge is -2.34. The first-order valence-electron chi connectivity index (χ1n) is 5.08. The first kappa shape index (κ1) is 11.9. The average Bonchev–Trinajstić information content (AvgIpc) is 2.01. The number of hydrogen-bond acceptors (Lipinski definition) is 3. The number of nitrogens with two attached hydrogens (primary N) is 1. The molecule has 1 saturated heterocycles. The van der Waals surface area contributed by atoms with E-state index in [1.54, 1.807) is 13.8 Å². The summed E-state index contributed by atoms with van der Waals surface area (Å²) in [4.78, 5) is 0. The Bertz CT molecular complexity index is 277. The van der Waals surface area contributed by atoms with E-state index in [1.165, 1.54) is 4.31 Å². The van der Waals surface area contributed by atoms with Crippen molar-refractivity contribution < 1.29 is 8.42 Å².